The SMILES string of the molecule is CCCCC(Oc1cccc2c1CCCC2)N1CCCC1. The Morgan fingerprint density at radius 1 is 1.10 bits per heavy atom. The van der Waals surface area contributed by atoms with Gasteiger partial charge in [-0.2, -0.15) is 0 Å². The van der Waals surface area contributed by atoms with Crippen LogP contribution in [0.2, 0.25) is 0 Å². The van der Waals surface area contributed by atoms with Crippen molar-refractivity contribution in [3.8, 4) is 5.75 Å². The van der Waals surface area contributed by atoms with Crippen LogP contribution in [0.4, 0.5) is 0 Å². The van der Waals surface area contributed by atoms with Gasteiger partial charge in [-0.05, 0) is 68.6 Å². The lowest BCUT2D eigenvalue weighted by Crippen LogP contribution is -2.37. The van der Waals surface area contributed by atoms with Crippen molar-refractivity contribution < 1.29 is 4.74 Å². The third-order valence-electron chi connectivity index (χ3n) is 4.97. The molecule has 2 nitrogen and oxygen atoms in total. The molecular weight excluding hydrogens is 258 g/mol. The van der Waals surface area contributed by atoms with Crippen LogP contribution in [0.5, 0.6) is 5.75 Å². The monoisotopic (exact) mass is 287 g/mol. The Balaban J connectivity index is 1.75. The minimum atomic E-state index is 0.292. The maximum absolute atomic E-state index is 6.52. The summed E-state index contributed by atoms with van der Waals surface area (Å²) in [6, 6.07) is 6.66. The van der Waals surface area contributed by atoms with Crippen LogP contribution in [0.1, 0.15) is 63.0 Å². The highest BCUT2D eigenvalue weighted by Crippen LogP contribution is 2.31. The zero-order valence-electron chi connectivity index (χ0n) is 13.4. The number of unbranched alkanes of at least 4 members (excludes halogenated alkanes) is 1. The number of hydrogen-bond donors (Lipinski definition) is 0. The highest BCUT2D eigenvalue weighted by atomic mass is 16.5. The molecule has 1 aliphatic carbocycles. The summed E-state index contributed by atoms with van der Waals surface area (Å²) in [5.41, 5.74) is 3.01. The Morgan fingerprint density at radius 2 is 1.90 bits per heavy atom. The van der Waals surface area contributed by atoms with Gasteiger partial charge in [0.05, 0.1) is 0 Å². The van der Waals surface area contributed by atoms with Crippen molar-refractivity contribution in [3.63, 3.8) is 0 Å². The van der Waals surface area contributed by atoms with E-state index in [0.717, 1.165) is 0 Å². The second-order valence-electron chi connectivity index (χ2n) is 6.56. The van der Waals surface area contributed by atoms with Crippen molar-refractivity contribution in [2.45, 2.75) is 70.9 Å². The van der Waals surface area contributed by atoms with Crippen molar-refractivity contribution in [3.05, 3.63) is 29.3 Å². The molecule has 3 rings (SSSR count). The van der Waals surface area contributed by atoms with E-state index in [-0.39, 0.29) is 0 Å². The van der Waals surface area contributed by atoms with E-state index in [2.05, 4.69) is 30.0 Å². The fourth-order valence-electron chi connectivity index (χ4n) is 3.73. The molecule has 0 amide bonds. The smallest absolute Gasteiger partial charge is 0.152 e. The van der Waals surface area contributed by atoms with E-state index in [4.69, 9.17) is 4.74 Å². The molecule has 116 valence electrons. The lowest BCUT2D eigenvalue weighted by atomic mass is 9.91. The highest BCUT2D eigenvalue weighted by molar-refractivity contribution is 5.41. The quantitative estimate of drug-likeness (QED) is 0.760. The number of nitrogens with zero attached hydrogens (tertiary/aromatic N) is 1. The molecule has 1 aliphatic heterocycles. The van der Waals surface area contributed by atoms with Gasteiger partial charge in [-0.1, -0.05) is 25.5 Å². The molecule has 0 aromatic heterocycles. The summed E-state index contributed by atoms with van der Waals surface area (Å²) in [4.78, 5) is 2.55. The summed E-state index contributed by atoms with van der Waals surface area (Å²) in [6.45, 7) is 4.69. The van der Waals surface area contributed by atoms with Gasteiger partial charge in [0.1, 0.15) is 5.75 Å². The van der Waals surface area contributed by atoms with Crippen molar-refractivity contribution in [2.75, 3.05) is 13.1 Å². The van der Waals surface area contributed by atoms with Gasteiger partial charge in [0.15, 0.2) is 6.23 Å². The van der Waals surface area contributed by atoms with E-state index >= 15 is 0 Å². The predicted molar refractivity (Wildman–Crippen MR) is 87.8 cm³/mol. The maximum atomic E-state index is 6.52. The first-order valence-corrected chi connectivity index (χ1v) is 8.90. The van der Waals surface area contributed by atoms with Crippen molar-refractivity contribution in [1.29, 1.82) is 0 Å². The van der Waals surface area contributed by atoms with E-state index in [1.54, 1.807) is 0 Å². The zero-order chi connectivity index (χ0) is 14.5. The largest absolute Gasteiger partial charge is 0.475 e. The number of aryl methyl sites for hydroxylation is 1. The second-order valence-corrected chi connectivity index (χ2v) is 6.56. The molecule has 2 heteroatoms. The number of hydrogen-bond acceptors (Lipinski definition) is 2. The van der Waals surface area contributed by atoms with E-state index in [1.165, 1.54) is 87.8 Å². The first kappa shape index (κ1) is 14.9. The summed E-state index contributed by atoms with van der Waals surface area (Å²) < 4.78 is 6.52. The molecule has 0 spiro atoms. The van der Waals surface area contributed by atoms with Crippen LogP contribution >= 0.6 is 0 Å². The standard InChI is InChI=1S/C19H29NO/c1-2-3-13-19(20-14-6-7-15-20)21-18-12-8-10-16-9-4-5-11-17(16)18/h8,10,12,19H,2-7,9,11,13-15H2,1H3. The fraction of sp³-hybridized carbons (Fsp3) is 0.684. The van der Waals surface area contributed by atoms with Crippen LogP contribution in [0.25, 0.3) is 0 Å². The average molecular weight is 287 g/mol. The molecule has 1 aromatic carbocycles. The van der Waals surface area contributed by atoms with Crippen LogP contribution in [0, 0.1) is 0 Å². The Kier molecular flexibility index (Phi) is 5.18. The molecule has 21 heavy (non-hydrogen) atoms. The summed E-state index contributed by atoms with van der Waals surface area (Å²) >= 11 is 0. The number of likely N-dealkylation sites (tertiary alicyclic amines) is 1. The van der Waals surface area contributed by atoms with Crippen molar-refractivity contribution >= 4 is 0 Å². The van der Waals surface area contributed by atoms with E-state index in [9.17, 15) is 0 Å². The minimum Gasteiger partial charge on any atom is -0.475 e. The Hall–Kier alpha value is -1.02. The predicted octanol–water partition coefficient (Wildman–Crippen LogP) is 4.56. The van der Waals surface area contributed by atoms with Gasteiger partial charge in [0.2, 0.25) is 0 Å². The molecule has 0 radical (unpaired) electrons. The fourth-order valence-corrected chi connectivity index (χ4v) is 3.73. The molecule has 0 N–H and O–H groups in total. The molecule has 1 atom stereocenters. The first-order valence-electron chi connectivity index (χ1n) is 8.90. The Labute approximate surface area is 129 Å². The van der Waals surface area contributed by atoms with E-state index < -0.39 is 0 Å². The maximum Gasteiger partial charge on any atom is 0.152 e. The molecule has 1 saturated heterocycles. The lowest BCUT2D eigenvalue weighted by Gasteiger charge is -2.30. The summed E-state index contributed by atoms with van der Waals surface area (Å²) in [7, 11) is 0. The van der Waals surface area contributed by atoms with Gasteiger partial charge >= 0.3 is 0 Å². The molecular formula is C19H29NO. The molecule has 0 saturated carbocycles. The van der Waals surface area contributed by atoms with E-state index in [0.29, 0.717) is 6.23 Å². The van der Waals surface area contributed by atoms with Crippen LogP contribution in [-0.4, -0.2) is 24.2 Å². The topological polar surface area (TPSA) is 12.5 Å². The van der Waals surface area contributed by atoms with E-state index in [1.807, 2.05) is 0 Å². The Morgan fingerprint density at radius 3 is 2.71 bits per heavy atom. The van der Waals surface area contributed by atoms with Gasteiger partial charge in [-0.15, -0.1) is 0 Å². The van der Waals surface area contributed by atoms with Crippen molar-refractivity contribution in [1.82, 2.24) is 4.90 Å². The van der Waals surface area contributed by atoms with Crippen LogP contribution < -0.4 is 4.74 Å². The van der Waals surface area contributed by atoms with Gasteiger partial charge in [0.25, 0.3) is 0 Å². The van der Waals surface area contributed by atoms with Crippen molar-refractivity contribution in [2.24, 2.45) is 0 Å². The van der Waals surface area contributed by atoms with Gasteiger partial charge < -0.3 is 4.74 Å². The molecule has 1 unspecified atom stereocenters. The second kappa shape index (κ2) is 7.31. The zero-order valence-corrected chi connectivity index (χ0v) is 13.4. The lowest BCUT2D eigenvalue weighted by molar-refractivity contribution is 0.0335. The summed E-state index contributed by atoms with van der Waals surface area (Å²) in [5.74, 6) is 1.17. The number of ether oxygens (including phenoxy) is 1. The molecule has 1 aromatic rings. The number of benzene rings is 1. The Bertz CT molecular complexity index is 451. The molecule has 0 bridgehead atoms. The third-order valence-corrected chi connectivity index (χ3v) is 4.97. The average Bonchev–Trinajstić information content (AvgIpc) is 3.06. The number of fused-ring (bicyclic) bond motifs is 1. The summed E-state index contributed by atoms with van der Waals surface area (Å²) in [6.07, 6.45) is 11.7. The van der Waals surface area contributed by atoms with Gasteiger partial charge in [-0.25, -0.2) is 0 Å². The molecule has 1 heterocycles. The highest BCUT2D eigenvalue weighted by Gasteiger charge is 2.24. The number of rotatable bonds is 6. The van der Waals surface area contributed by atoms with Crippen LogP contribution in [-0.2, 0) is 12.8 Å². The van der Waals surface area contributed by atoms with Crippen LogP contribution in [0.15, 0.2) is 18.2 Å². The van der Waals surface area contributed by atoms with Gasteiger partial charge in [-0.3, -0.25) is 4.90 Å². The molecule has 2 aliphatic rings. The van der Waals surface area contributed by atoms with Gasteiger partial charge in [0, 0.05) is 13.1 Å². The van der Waals surface area contributed by atoms with Crippen LogP contribution in [0.3, 0.4) is 0 Å². The normalized spacial score (nSPS) is 20.2. The molecule has 1 fully saturated rings. The minimum absolute atomic E-state index is 0.292. The first-order chi connectivity index (χ1) is 10.4. The summed E-state index contributed by atoms with van der Waals surface area (Å²) in [5, 5.41) is 0. The third kappa shape index (κ3) is 3.60.